The first-order valence-electron chi connectivity index (χ1n) is 11.0. The molecule has 0 unspecified atom stereocenters. The summed E-state index contributed by atoms with van der Waals surface area (Å²) in [5, 5.41) is 6.57. The topological polar surface area (TPSA) is 115 Å². The van der Waals surface area contributed by atoms with Gasteiger partial charge in [-0.25, -0.2) is 9.50 Å². The van der Waals surface area contributed by atoms with E-state index in [0.717, 1.165) is 28.0 Å². The Labute approximate surface area is 206 Å². The molecule has 3 aromatic rings. The molecule has 0 bridgehead atoms. The van der Waals surface area contributed by atoms with Gasteiger partial charge in [-0.1, -0.05) is 6.07 Å². The summed E-state index contributed by atoms with van der Waals surface area (Å²) in [6.45, 7) is 6.25. The molecule has 10 nitrogen and oxygen atoms in total. The SMILES string of the molecule is CCOc1ccc(/C=C2\SC(=O)N(CCNC(=O)c3cnn4c(C)cc(C)nc34)C2=O)cc1OC. The average Bonchev–Trinajstić information content (AvgIpc) is 3.36. The fourth-order valence-corrected chi connectivity index (χ4v) is 4.56. The molecule has 1 fully saturated rings. The van der Waals surface area contributed by atoms with Gasteiger partial charge in [0, 0.05) is 24.5 Å². The maximum Gasteiger partial charge on any atom is 0.293 e. The number of aromatic nitrogens is 3. The van der Waals surface area contributed by atoms with Crippen LogP contribution < -0.4 is 14.8 Å². The molecule has 1 aliphatic heterocycles. The Morgan fingerprint density at radius 3 is 2.74 bits per heavy atom. The van der Waals surface area contributed by atoms with Crippen LogP contribution in [0.3, 0.4) is 0 Å². The number of carbonyl (C=O) groups is 3. The van der Waals surface area contributed by atoms with Gasteiger partial charge in [0.2, 0.25) is 0 Å². The minimum Gasteiger partial charge on any atom is -0.493 e. The second-order valence-corrected chi connectivity index (χ2v) is 8.76. The first kappa shape index (κ1) is 24.3. The Bertz CT molecular complexity index is 1350. The summed E-state index contributed by atoms with van der Waals surface area (Å²) in [7, 11) is 1.54. The maximum atomic E-state index is 12.8. The summed E-state index contributed by atoms with van der Waals surface area (Å²) >= 11 is 0.857. The van der Waals surface area contributed by atoms with E-state index in [0.29, 0.717) is 39.8 Å². The van der Waals surface area contributed by atoms with E-state index < -0.39 is 11.1 Å². The van der Waals surface area contributed by atoms with Gasteiger partial charge in [-0.05, 0) is 62.4 Å². The van der Waals surface area contributed by atoms with Crippen molar-refractivity contribution in [2.45, 2.75) is 20.8 Å². The van der Waals surface area contributed by atoms with E-state index in [9.17, 15) is 14.4 Å². The van der Waals surface area contributed by atoms with E-state index in [2.05, 4.69) is 15.4 Å². The number of benzene rings is 1. The molecular weight excluding hydrogens is 470 g/mol. The number of amides is 3. The molecule has 182 valence electrons. The van der Waals surface area contributed by atoms with Crippen molar-refractivity contribution < 1.29 is 23.9 Å². The molecule has 1 aliphatic rings. The molecule has 0 atom stereocenters. The highest BCUT2D eigenvalue weighted by atomic mass is 32.2. The third kappa shape index (κ3) is 4.99. The highest BCUT2D eigenvalue weighted by molar-refractivity contribution is 8.18. The van der Waals surface area contributed by atoms with Crippen LogP contribution in [-0.2, 0) is 4.79 Å². The number of hydrogen-bond acceptors (Lipinski definition) is 8. The molecule has 1 N–H and O–H groups in total. The molecule has 1 saturated heterocycles. The molecule has 2 aromatic heterocycles. The number of carbonyl (C=O) groups excluding carboxylic acids is 3. The lowest BCUT2D eigenvalue weighted by molar-refractivity contribution is -0.122. The first-order valence-corrected chi connectivity index (χ1v) is 11.8. The van der Waals surface area contributed by atoms with Crippen LogP contribution in [0, 0.1) is 13.8 Å². The van der Waals surface area contributed by atoms with E-state index in [1.165, 1.54) is 13.3 Å². The van der Waals surface area contributed by atoms with Crippen LogP contribution in [0.4, 0.5) is 4.79 Å². The van der Waals surface area contributed by atoms with Crippen molar-refractivity contribution in [3.05, 3.63) is 57.9 Å². The van der Waals surface area contributed by atoms with Crippen molar-refractivity contribution in [3.63, 3.8) is 0 Å². The largest absolute Gasteiger partial charge is 0.493 e. The third-order valence-electron chi connectivity index (χ3n) is 5.30. The second-order valence-electron chi connectivity index (χ2n) is 7.77. The van der Waals surface area contributed by atoms with Crippen LogP contribution >= 0.6 is 11.8 Å². The highest BCUT2D eigenvalue weighted by Crippen LogP contribution is 2.34. The highest BCUT2D eigenvalue weighted by Gasteiger charge is 2.34. The predicted octanol–water partition coefficient (Wildman–Crippen LogP) is 3.22. The summed E-state index contributed by atoms with van der Waals surface area (Å²) in [5.41, 5.74) is 3.13. The summed E-state index contributed by atoms with van der Waals surface area (Å²) < 4.78 is 12.5. The molecule has 0 spiro atoms. The molecule has 3 amide bonds. The minimum atomic E-state index is -0.411. The van der Waals surface area contributed by atoms with Crippen molar-refractivity contribution >= 4 is 40.5 Å². The summed E-state index contributed by atoms with van der Waals surface area (Å²) in [6.07, 6.45) is 3.09. The van der Waals surface area contributed by atoms with E-state index in [-0.39, 0.29) is 19.0 Å². The fraction of sp³-hybridized carbons (Fsp3) is 0.292. The van der Waals surface area contributed by atoms with Gasteiger partial charge < -0.3 is 14.8 Å². The monoisotopic (exact) mass is 495 g/mol. The number of imide groups is 1. The van der Waals surface area contributed by atoms with Crippen LogP contribution in [-0.4, -0.2) is 63.4 Å². The number of thioether (sulfide) groups is 1. The zero-order valence-corrected chi connectivity index (χ0v) is 20.6. The van der Waals surface area contributed by atoms with Gasteiger partial charge in [0.1, 0.15) is 5.56 Å². The lowest BCUT2D eigenvalue weighted by Gasteiger charge is -2.13. The number of nitrogens with one attached hydrogen (secondary N) is 1. The molecule has 4 rings (SSSR count). The Hall–Kier alpha value is -3.86. The molecule has 0 aliphatic carbocycles. The maximum absolute atomic E-state index is 12.8. The van der Waals surface area contributed by atoms with Gasteiger partial charge in [0.25, 0.3) is 17.1 Å². The molecule has 35 heavy (non-hydrogen) atoms. The van der Waals surface area contributed by atoms with Gasteiger partial charge in [0.15, 0.2) is 17.1 Å². The van der Waals surface area contributed by atoms with Gasteiger partial charge >= 0.3 is 0 Å². The minimum absolute atomic E-state index is 0.0467. The van der Waals surface area contributed by atoms with E-state index >= 15 is 0 Å². The molecule has 0 radical (unpaired) electrons. The molecule has 1 aromatic carbocycles. The van der Waals surface area contributed by atoms with Crippen molar-refractivity contribution in [2.75, 3.05) is 26.8 Å². The number of hydrogen-bond donors (Lipinski definition) is 1. The lowest BCUT2D eigenvalue weighted by Crippen LogP contribution is -2.37. The van der Waals surface area contributed by atoms with Crippen LogP contribution in [0.2, 0.25) is 0 Å². The number of ether oxygens (including phenoxy) is 2. The van der Waals surface area contributed by atoms with E-state index in [1.54, 1.807) is 28.8 Å². The van der Waals surface area contributed by atoms with Crippen LogP contribution in [0.5, 0.6) is 11.5 Å². The zero-order valence-electron chi connectivity index (χ0n) is 19.8. The van der Waals surface area contributed by atoms with Gasteiger partial charge in [0.05, 0.1) is 24.8 Å². The Morgan fingerprint density at radius 2 is 2.00 bits per heavy atom. The van der Waals surface area contributed by atoms with Crippen molar-refractivity contribution in [2.24, 2.45) is 0 Å². The van der Waals surface area contributed by atoms with Gasteiger partial charge in [-0.2, -0.15) is 5.10 Å². The van der Waals surface area contributed by atoms with Crippen LogP contribution in [0.15, 0.2) is 35.4 Å². The Kier molecular flexibility index (Phi) is 7.06. The first-order chi connectivity index (χ1) is 16.8. The predicted molar refractivity (Wildman–Crippen MR) is 132 cm³/mol. The van der Waals surface area contributed by atoms with Crippen LogP contribution in [0.25, 0.3) is 11.7 Å². The summed E-state index contributed by atoms with van der Waals surface area (Å²) in [5.74, 6) is 0.352. The normalized spacial score (nSPS) is 14.7. The number of fused-ring (bicyclic) bond motifs is 1. The van der Waals surface area contributed by atoms with E-state index in [4.69, 9.17) is 9.47 Å². The standard InChI is InChI=1S/C24H25N5O5S/c1-5-34-18-7-6-16(11-19(18)33-4)12-20-23(31)28(24(32)35-20)9-8-25-22(30)17-13-26-29-15(3)10-14(2)27-21(17)29/h6-7,10-13H,5,8-9H2,1-4H3,(H,25,30)/b20-12-. The van der Waals surface area contributed by atoms with Crippen LogP contribution in [0.1, 0.15) is 34.2 Å². The average molecular weight is 496 g/mol. The summed E-state index contributed by atoms with van der Waals surface area (Å²) in [4.78, 5) is 43.8. The quantitative estimate of drug-likeness (QED) is 0.474. The molecule has 11 heteroatoms. The van der Waals surface area contributed by atoms with E-state index in [1.807, 2.05) is 26.8 Å². The van der Waals surface area contributed by atoms with Gasteiger partial charge in [-0.15, -0.1) is 0 Å². The number of rotatable bonds is 8. The smallest absolute Gasteiger partial charge is 0.293 e. The fourth-order valence-electron chi connectivity index (χ4n) is 3.70. The lowest BCUT2D eigenvalue weighted by atomic mass is 10.2. The molecule has 3 heterocycles. The van der Waals surface area contributed by atoms with Crippen molar-refractivity contribution in [1.82, 2.24) is 24.8 Å². The Balaban J connectivity index is 1.41. The van der Waals surface area contributed by atoms with Crippen molar-refractivity contribution in [1.29, 1.82) is 0 Å². The number of methoxy groups -OCH3 is 1. The number of nitrogens with zero attached hydrogens (tertiary/aromatic N) is 4. The summed E-state index contributed by atoms with van der Waals surface area (Å²) in [6, 6.07) is 7.16. The molecule has 0 saturated carbocycles. The van der Waals surface area contributed by atoms with Gasteiger partial charge in [-0.3, -0.25) is 19.3 Å². The third-order valence-corrected chi connectivity index (χ3v) is 6.21. The Morgan fingerprint density at radius 1 is 1.20 bits per heavy atom. The zero-order chi connectivity index (χ0) is 25.1. The molecular formula is C24H25N5O5S. The number of aryl methyl sites for hydroxylation is 2. The van der Waals surface area contributed by atoms with Crippen molar-refractivity contribution in [3.8, 4) is 11.5 Å². The second kappa shape index (κ2) is 10.2.